The minimum absolute atomic E-state index is 0.263. The Morgan fingerprint density at radius 2 is 1.48 bits per heavy atom. The van der Waals surface area contributed by atoms with Gasteiger partial charge in [-0.2, -0.15) is 0 Å². The Morgan fingerprint density at radius 1 is 0.952 bits per heavy atom. The number of aliphatic hydroxyl groups is 1. The first-order valence-corrected chi connectivity index (χ1v) is 7.97. The first-order valence-electron chi connectivity index (χ1n) is 7.97. The van der Waals surface area contributed by atoms with Gasteiger partial charge in [-0.25, -0.2) is 0 Å². The van der Waals surface area contributed by atoms with Crippen molar-refractivity contribution in [2.75, 3.05) is 72.5 Å². The summed E-state index contributed by atoms with van der Waals surface area (Å²) in [4.78, 5) is 21.1. The SMILES string of the molecule is CN1CCN(C(=O)CN2CCN(CC(C)(C)O)CC2)CC1. The van der Waals surface area contributed by atoms with E-state index in [-0.39, 0.29) is 5.91 Å². The number of carbonyl (C=O) groups excluding carboxylic acids is 1. The van der Waals surface area contributed by atoms with Crippen molar-refractivity contribution in [1.29, 1.82) is 0 Å². The van der Waals surface area contributed by atoms with Crippen LogP contribution in [0.1, 0.15) is 13.8 Å². The van der Waals surface area contributed by atoms with Crippen LogP contribution in [0.25, 0.3) is 0 Å². The molecule has 2 saturated heterocycles. The summed E-state index contributed by atoms with van der Waals surface area (Å²) in [6, 6.07) is 0. The molecule has 0 aromatic carbocycles. The fourth-order valence-electron chi connectivity index (χ4n) is 3.00. The summed E-state index contributed by atoms with van der Waals surface area (Å²) in [5.74, 6) is 0.263. The average molecular weight is 298 g/mol. The Bertz CT molecular complexity index is 340. The molecule has 0 unspecified atom stereocenters. The van der Waals surface area contributed by atoms with Crippen LogP contribution in [0.15, 0.2) is 0 Å². The van der Waals surface area contributed by atoms with E-state index in [0.29, 0.717) is 13.1 Å². The number of hydrogen-bond donors (Lipinski definition) is 1. The van der Waals surface area contributed by atoms with Gasteiger partial charge in [0, 0.05) is 58.9 Å². The number of hydrogen-bond acceptors (Lipinski definition) is 5. The third-order valence-electron chi connectivity index (χ3n) is 4.29. The van der Waals surface area contributed by atoms with Crippen molar-refractivity contribution in [2.24, 2.45) is 0 Å². The van der Waals surface area contributed by atoms with Crippen LogP contribution < -0.4 is 0 Å². The highest BCUT2D eigenvalue weighted by Crippen LogP contribution is 2.09. The van der Waals surface area contributed by atoms with Crippen molar-refractivity contribution in [1.82, 2.24) is 19.6 Å². The number of piperazine rings is 2. The first-order chi connectivity index (χ1) is 9.83. The van der Waals surface area contributed by atoms with Gasteiger partial charge in [-0.1, -0.05) is 0 Å². The lowest BCUT2D eigenvalue weighted by Crippen LogP contribution is -2.54. The molecule has 21 heavy (non-hydrogen) atoms. The average Bonchev–Trinajstić information content (AvgIpc) is 2.40. The molecule has 6 nitrogen and oxygen atoms in total. The van der Waals surface area contributed by atoms with Crippen molar-refractivity contribution in [3.63, 3.8) is 0 Å². The van der Waals surface area contributed by atoms with Crippen LogP contribution in [-0.2, 0) is 4.79 Å². The van der Waals surface area contributed by atoms with Gasteiger partial charge < -0.3 is 14.9 Å². The van der Waals surface area contributed by atoms with Gasteiger partial charge >= 0.3 is 0 Å². The second-order valence-corrected chi connectivity index (χ2v) is 7.05. The summed E-state index contributed by atoms with van der Waals surface area (Å²) < 4.78 is 0. The smallest absolute Gasteiger partial charge is 0.236 e. The van der Waals surface area contributed by atoms with Gasteiger partial charge in [0.25, 0.3) is 0 Å². The molecule has 0 bridgehead atoms. The van der Waals surface area contributed by atoms with Gasteiger partial charge in [0.05, 0.1) is 12.1 Å². The van der Waals surface area contributed by atoms with Crippen molar-refractivity contribution in [3.8, 4) is 0 Å². The van der Waals surface area contributed by atoms with E-state index < -0.39 is 5.60 Å². The summed E-state index contributed by atoms with van der Waals surface area (Å²) in [6.45, 7) is 12.3. The van der Waals surface area contributed by atoms with Gasteiger partial charge in [0.2, 0.25) is 5.91 Å². The molecule has 122 valence electrons. The molecule has 1 amide bonds. The lowest BCUT2D eigenvalue weighted by Gasteiger charge is -2.38. The van der Waals surface area contributed by atoms with Gasteiger partial charge in [-0.15, -0.1) is 0 Å². The fraction of sp³-hybridized carbons (Fsp3) is 0.933. The molecule has 2 fully saturated rings. The first kappa shape index (κ1) is 16.7. The van der Waals surface area contributed by atoms with Crippen molar-refractivity contribution in [3.05, 3.63) is 0 Å². The molecular weight excluding hydrogens is 268 g/mol. The lowest BCUT2D eigenvalue weighted by molar-refractivity contribution is -0.134. The summed E-state index contributed by atoms with van der Waals surface area (Å²) in [5, 5.41) is 9.85. The molecule has 2 heterocycles. The Morgan fingerprint density at radius 3 is 2.00 bits per heavy atom. The quantitative estimate of drug-likeness (QED) is 0.733. The zero-order valence-corrected chi connectivity index (χ0v) is 13.7. The van der Waals surface area contributed by atoms with Crippen LogP contribution in [-0.4, -0.2) is 109 Å². The zero-order chi connectivity index (χ0) is 15.5. The van der Waals surface area contributed by atoms with Gasteiger partial charge in [0.1, 0.15) is 0 Å². The number of carbonyl (C=O) groups is 1. The predicted octanol–water partition coefficient (Wildman–Crippen LogP) is -0.851. The molecule has 2 aliphatic rings. The maximum Gasteiger partial charge on any atom is 0.236 e. The zero-order valence-electron chi connectivity index (χ0n) is 13.7. The number of likely N-dealkylation sites (N-methyl/N-ethyl adjacent to an activating group) is 1. The van der Waals surface area contributed by atoms with E-state index in [1.165, 1.54) is 0 Å². The van der Waals surface area contributed by atoms with Gasteiger partial charge in [-0.05, 0) is 20.9 Å². The minimum atomic E-state index is -0.641. The second kappa shape index (κ2) is 7.05. The van der Waals surface area contributed by atoms with Gasteiger partial charge in [-0.3, -0.25) is 14.6 Å². The molecule has 1 N–H and O–H groups in total. The Kier molecular flexibility index (Phi) is 5.60. The number of amides is 1. The van der Waals surface area contributed by atoms with Crippen LogP contribution in [0.4, 0.5) is 0 Å². The third kappa shape index (κ3) is 5.54. The van der Waals surface area contributed by atoms with E-state index in [0.717, 1.165) is 52.4 Å². The third-order valence-corrected chi connectivity index (χ3v) is 4.29. The van der Waals surface area contributed by atoms with E-state index in [4.69, 9.17) is 0 Å². The molecule has 0 radical (unpaired) electrons. The highest BCUT2D eigenvalue weighted by Gasteiger charge is 2.25. The maximum atomic E-state index is 12.3. The molecular formula is C15H30N4O2. The molecule has 0 aromatic rings. The van der Waals surface area contributed by atoms with Crippen LogP contribution in [0.5, 0.6) is 0 Å². The molecule has 0 saturated carbocycles. The number of rotatable bonds is 4. The second-order valence-electron chi connectivity index (χ2n) is 7.05. The summed E-state index contributed by atoms with van der Waals surface area (Å²) in [6.07, 6.45) is 0. The largest absolute Gasteiger partial charge is 0.389 e. The van der Waals surface area contributed by atoms with E-state index in [1.54, 1.807) is 0 Å². The Hall–Kier alpha value is -0.690. The van der Waals surface area contributed by atoms with Crippen molar-refractivity contribution < 1.29 is 9.90 Å². The summed E-state index contributed by atoms with van der Waals surface area (Å²) in [7, 11) is 2.10. The van der Waals surface area contributed by atoms with Crippen LogP contribution >= 0.6 is 0 Å². The van der Waals surface area contributed by atoms with E-state index in [9.17, 15) is 9.90 Å². The predicted molar refractivity (Wildman–Crippen MR) is 83.3 cm³/mol. The summed E-state index contributed by atoms with van der Waals surface area (Å²) >= 11 is 0. The highest BCUT2D eigenvalue weighted by atomic mass is 16.3. The molecule has 2 rings (SSSR count). The summed E-state index contributed by atoms with van der Waals surface area (Å²) in [5.41, 5.74) is -0.641. The molecule has 0 spiro atoms. The fourth-order valence-corrected chi connectivity index (χ4v) is 3.00. The number of β-amino-alcohol motifs (C(OH)–C–C–N with tert-alkyl or cyclic N) is 1. The Balaban J connectivity index is 1.69. The minimum Gasteiger partial charge on any atom is -0.389 e. The highest BCUT2D eigenvalue weighted by molar-refractivity contribution is 5.78. The molecule has 6 heteroatoms. The van der Waals surface area contributed by atoms with E-state index in [1.807, 2.05) is 18.7 Å². The standard InChI is InChI=1S/C15H30N4O2/c1-15(2,21)13-18-8-6-17(7-9-18)12-14(20)19-10-4-16(3)5-11-19/h21H,4-13H2,1-3H3. The van der Waals surface area contributed by atoms with E-state index >= 15 is 0 Å². The molecule has 2 aliphatic heterocycles. The topological polar surface area (TPSA) is 50.3 Å². The van der Waals surface area contributed by atoms with Crippen LogP contribution in [0.2, 0.25) is 0 Å². The van der Waals surface area contributed by atoms with Crippen LogP contribution in [0, 0.1) is 0 Å². The monoisotopic (exact) mass is 298 g/mol. The normalized spacial score (nSPS) is 23.5. The van der Waals surface area contributed by atoms with Crippen LogP contribution in [0.3, 0.4) is 0 Å². The van der Waals surface area contributed by atoms with Crippen molar-refractivity contribution in [2.45, 2.75) is 19.4 Å². The van der Waals surface area contributed by atoms with Crippen molar-refractivity contribution >= 4 is 5.91 Å². The Labute approximate surface area is 128 Å². The number of nitrogens with zero attached hydrogens (tertiary/aromatic N) is 4. The lowest BCUT2D eigenvalue weighted by atomic mass is 10.1. The molecule has 0 atom stereocenters. The van der Waals surface area contributed by atoms with E-state index in [2.05, 4.69) is 21.7 Å². The van der Waals surface area contributed by atoms with Gasteiger partial charge in [0.15, 0.2) is 0 Å². The maximum absolute atomic E-state index is 12.3. The molecule has 0 aliphatic carbocycles. The molecule has 0 aromatic heterocycles.